The van der Waals surface area contributed by atoms with Crippen LogP contribution >= 0.6 is 0 Å². The Morgan fingerprint density at radius 1 is 1.09 bits per heavy atom. The average molecular weight is 319 g/mol. The van der Waals surface area contributed by atoms with Gasteiger partial charge in [0.2, 0.25) is 0 Å². The van der Waals surface area contributed by atoms with Crippen molar-refractivity contribution in [1.29, 1.82) is 0 Å². The zero-order valence-electron chi connectivity index (χ0n) is 12.3. The van der Waals surface area contributed by atoms with E-state index >= 15 is 0 Å². The standard InChI is InChI=1S/C17H15F2NO3/c18-12-8-11(9-13(19)10-12)4-5-20-17(21)14-2-1-3-15-16(14)23-7-6-22-15/h1-3,8-10H,4-7H2,(H,20,21). The first-order chi connectivity index (χ1) is 11.1. The molecule has 0 spiro atoms. The molecule has 23 heavy (non-hydrogen) atoms. The number of para-hydroxylation sites is 1. The van der Waals surface area contributed by atoms with Crippen LogP contribution in [0.5, 0.6) is 11.5 Å². The van der Waals surface area contributed by atoms with Gasteiger partial charge >= 0.3 is 0 Å². The van der Waals surface area contributed by atoms with Gasteiger partial charge in [-0.15, -0.1) is 0 Å². The third-order valence-corrected chi connectivity index (χ3v) is 3.43. The van der Waals surface area contributed by atoms with E-state index in [1.807, 2.05) is 0 Å². The van der Waals surface area contributed by atoms with E-state index in [4.69, 9.17) is 9.47 Å². The number of rotatable bonds is 4. The molecule has 1 aliphatic heterocycles. The first-order valence-electron chi connectivity index (χ1n) is 7.25. The maximum Gasteiger partial charge on any atom is 0.255 e. The second kappa shape index (κ2) is 6.64. The number of carbonyl (C=O) groups is 1. The number of carbonyl (C=O) groups excluding carboxylic acids is 1. The van der Waals surface area contributed by atoms with E-state index in [1.165, 1.54) is 12.1 Å². The van der Waals surface area contributed by atoms with Gasteiger partial charge in [0.25, 0.3) is 5.91 Å². The summed E-state index contributed by atoms with van der Waals surface area (Å²) in [7, 11) is 0. The van der Waals surface area contributed by atoms with Crippen molar-refractivity contribution in [2.75, 3.05) is 19.8 Å². The van der Waals surface area contributed by atoms with Gasteiger partial charge in [0.1, 0.15) is 24.8 Å². The first kappa shape index (κ1) is 15.3. The number of ether oxygens (including phenoxy) is 2. The lowest BCUT2D eigenvalue weighted by atomic mass is 10.1. The highest BCUT2D eigenvalue weighted by atomic mass is 19.1. The van der Waals surface area contributed by atoms with Crippen molar-refractivity contribution in [3.8, 4) is 11.5 Å². The van der Waals surface area contributed by atoms with Crippen molar-refractivity contribution in [2.45, 2.75) is 6.42 Å². The van der Waals surface area contributed by atoms with Gasteiger partial charge in [0, 0.05) is 12.6 Å². The Labute approximate surface area is 132 Å². The van der Waals surface area contributed by atoms with Crippen molar-refractivity contribution in [3.63, 3.8) is 0 Å². The molecule has 4 nitrogen and oxygen atoms in total. The van der Waals surface area contributed by atoms with Crippen LogP contribution in [-0.4, -0.2) is 25.7 Å². The van der Waals surface area contributed by atoms with Crippen molar-refractivity contribution in [2.24, 2.45) is 0 Å². The fourth-order valence-electron chi connectivity index (χ4n) is 2.42. The lowest BCUT2D eigenvalue weighted by Gasteiger charge is -2.20. The summed E-state index contributed by atoms with van der Waals surface area (Å²) in [5.74, 6) is -0.614. The number of benzene rings is 2. The number of hydrogen-bond donors (Lipinski definition) is 1. The van der Waals surface area contributed by atoms with Crippen molar-refractivity contribution < 1.29 is 23.0 Å². The molecular formula is C17H15F2NO3. The van der Waals surface area contributed by atoms with Crippen LogP contribution in [0.25, 0.3) is 0 Å². The Bertz CT molecular complexity index is 714. The molecule has 0 radical (unpaired) electrons. The van der Waals surface area contributed by atoms with Gasteiger partial charge in [0.05, 0.1) is 5.56 Å². The van der Waals surface area contributed by atoms with Gasteiger partial charge in [-0.05, 0) is 36.2 Å². The monoisotopic (exact) mass is 319 g/mol. The van der Waals surface area contributed by atoms with E-state index in [1.54, 1.807) is 18.2 Å². The van der Waals surface area contributed by atoms with Crippen LogP contribution in [0.3, 0.4) is 0 Å². The van der Waals surface area contributed by atoms with Crippen molar-refractivity contribution in [1.82, 2.24) is 5.32 Å². The second-order valence-electron chi connectivity index (χ2n) is 5.11. The van der Waals surface area contributed by atoms with E-state index in [0.717, 1.165) is 6.07 Å². The molecule has 3 rings (SSSR count). The first-order valence-corrected chi connectivity index (χ1v) is 7.25. The molecule has 0 fully saturated rings. The number of amides is 1. The van der Waals surface area contributed by atoms with E-state index < -0.39 is 11.6 Å². The maximum absolute atomic E-state index is 13.1. The van der Waals surface area contributed by atoms with Crippen molar-refractivity contribution in [3.05, 3.63) is 59.2 Å². The van der Waals surface area contributed by atoms with Gasteiger partial charge in [-0.2, -0.15) is 0 Å². The molecule has 0 atom stereocenters. The highest BCUT2D eigenvalue weighted by Gasteiger charge is 2.19. The fraction of sp³-hybridized carbons (Fsp3) is 0.235. The molecule has 2 aromatic carbocycles. The van der Waals surface area contributed by atoms with Crippen LogP contribution in [-0.2, 0) is 6.42 Å². The molecule has 6 heteroatoms. The average Bonchev–Trinajstić information content (AvgIpc) is 2.53. The van der Waals surface area contributed by atoms with Gasteiger partial charge in [-0.25, -0.2) is 8.78 Å². The third-order valence-electron chi connectivity index (χ3n) is 3.43. The minimum absolute atomic E-state index is 0.256. The van der Waals surface area contributed by atoms with E-state index in [0.29, 0.717) is 42.3 Å². The van der Waals surface area contributed by atoms with Gasteiger partial charge in [-0.3, -0.25) is 4.79 Å². The Balaban J connectivity index is 1.64. The normalized spacial score (nSPS) is 12.8. The SMILES string of the molecule is O=C(NCCc1cc(F)cc(F)c1)c1cccc2c1OCCO2. The van der Waals surface area contributed by atoms with Crippen LogP contribution < -0.4 is 14.8 Å². The summed E-state index contributed by atoms with van der Waals surface area (Å²) in [4.78, 5) is 12.2. The number of fused-ring (bicyclic) bond motifs is 1. The predicted molar refractivity (Wildman–Crippen MR) is 79.8 cm³/mol. The smallest absolute Gasteiger partial charge is 0.255 e. The summed E-state index contributed by atoms with van der Waals surface area (Å²) >= 11 is 0. The molecule has 0 saturated carbocycles. The molecule has 1 heterocycles. The molecule has 1 aliphatic rings. The molecule has 0 aromatic heterocycles. The molecule has 1 N–H and O–H groups in total. The zero-order chi connectivity index (χ0) is 16.2. The van der Waals surface area contributed by atoms with E-state index in [2.05, 4.69) is 5.32 Å². The molecule has 1 amide bonds. The van der Waals surface area contributed by atoms with E-state index in [-0.39, 0.29) is 12.5 Å². The quantitative estimate of drug-likeness (QED) is 0.942. The lowest BCUT2D eigenvalue weighted by molar-refractivity contribution is 0.0943. The second-order valence-corrected chi connectivity index (χ2v) is 5.11. The summed E-state index contributed by atoms with van der Waals surface area (Å²) in [6, 6.07) is 8.40. The predicted octanol–water partition coefficient (Wildman–Crippen LogP) is 2.71. The topological polar surface area (TPSA) is 47.6 Å². The summed E-state index contributed by atoms with van der Waals surface area (Å²) in [5.41, 5.74) is 0.866. The summed E-state index contributed by atoms with van der Waals surface area (Å²) in [6.07, 6.45) is 0.326. The molecular weight excluding hydrogens is 304 g/mol. The molecule has 120 valence electrons. The van der Waals surface area contributed by atoms with Gasteiger partial charge in [0.15, 0.2) is 11.5 Å². The lowest BCUT2D eigenvalue weighted by Crippen LogP contribution is -2.27. The molecule has 0 aliphatic carbocycles. The minimum atomic E-state index is -0.631. The molecule has 0 bridgehead atoms. The van der Waals surface area contributed by atoms with Crippen molar-refractivity contribution >= 4 is 5.91 Å². The Morgan fingerprint density at radius 2 is 1.83 bits per heavy atom. The third kappa shape index (κ3) is 3.59. The number of nitrogens with one attached hydrogen (secondary N) is 1. The minimum Gasteiger partial charge on any atom is -0.486 e. The molecule has 0 unspecified atom stereocenters. The molecule has 0 saturated heterocycles. The van der Waals surface area contributed by atoms with Crippen LogP contribution in [0.4, 0.5) is 8.78 Å². The maximum atomic E-state index is 13.1. The van der Waals surface area contributed by atoms with Gasteiger partial charge < -0.3 is 14.8 Å². The highest BCUT2D eigenvalue weighted by molar-refractivity contribution is 5.97. The Morgan fingerprint density at radius 3 is 2.61 bits per heavy atom. The van der Waals surface area contributed by atoms with Crippen LogP contribution in [0, 0.1) is 11.6 Å². The Hall–Kier alpha value is -2.63. The van der Waals surface area contributed by atoms with Gasteiger partial charge in [-0.1, -0.05) is 6.07 Å². The number of halogens is 2. The largest absolute Gasteiger partial charge is 0.486 e. The zero-order valence-corrected chi connectivity index (χ0v) is 12.3. The Kier molecular flexibility index (Phi) is 4.41. The molecule has 2 aromatic rings. The van der Waals surface area contributed by atoms with E-state index in [9.17, 15) is 13.6 Å². The summed E-state index contributed by atoms with van der Waals surface area (Å²) in [5, 5.41) is 2.72. The number of hydrogen-bond acceptors (Lipinski definition) is 3. The summed E-state index contributed by atoms with van der Waals surface area (Å²) < 4.78 is 37.1. The fourth-order valence-corrected chi connectivity index (χ4v) is 2.42. The highest BCUT2D eigenvalue weighted by Crippen LogP contribution is 2.33. The van der Waals surface area contributed by atoms with Crippen LogP contribution in [0.15, 0.2) is 36.4 Å². The summed E-state index contributed by atoms with van der Waals surface area (Å²) in [6.45, 7) is 1.09. The van der Waals surface area contributed by atoms with Crippen LogP contribution in [0.1, 0.15) is 15.9 Å². The van der Waals surface area contributed by atoms with Crippen LogP contribution in [0.2, 0.25) is 0 Å².